The molecule has 0 unspecified atom stereocenters. The zero-order chi connectivity index (χ0) is 15.5. The van der Waals surface area contributed by atoms with Crippen LogP contribution in [0, 0.1) is 6.92 Å². The van der Waals surface area contributed by atoms with E-state index in [0.717, 1.165) is 40.9 Å². The highest BCUT2D eigenvalue weighted by Crippen LogP contribution is 2.26. The minimum absolute atomic E-state index is 0.309. The molecule has 110 valence electrons. The molecule has 0 radical (unpaired) electrons. The van der Waals surface area contributed by atoms with Crippen molar-refractivity contribution in [2.45, 2.75) is 19.8 Å². The molecule has 2 aromatic heterocycles. The molecule has 2 aromatic rings. The van der Waals surface area contributed by atoms with Crippen LogP contribution in [-0.4, -0.2) is 21.0 Å². The average Bonchev–Trinajstić information content (AvgIpc) is 2.53. The summed E-state index contributed by atoms with van der Waals surface area (Å²) in [6, 6.07) is 5.53. The summed E-state index contributed by atoms with van der Waals surface area (Å²) >= 11 is 0. The van der Waals surface area contributed by atoms with E-state index in [4.69, 9.17) is 0 Å². The first kappa shape index (κ1) is 14.2. The Kier molecular flexibility index (Phi) is 3.83. The van der Waals surface area contributed by atoms with E-state index >= 15 is 0 Å². The number of carboxylic acids is 1. The number of carboxylic acid groups (broad SMARTS) is 1. The molecule has 4 heteroatoms. The number of nitrogens with zero attached hydrogens (tertiary/aromatic N) is 2. The summed E-state index contributed by atoms with van der Waals surface area (Å²) < 4.78 is 0. The predicted molar refractivity (Wildman–Crippen MR) is 85.5 cm³/mol. The van der Waals surface area contributed by atoms with Gasteiger partial charge in [0.25, 0.3) is 0 Å². The molecule has 3 rings (SSSR count). The summed E-state index contributed by atoms with van der Waals surface area (Å²) in [5.41, 5.74) is 4.99. The molecule has 2 heterocycles. The SMILES string of the molecule is Cc1ccc(/C=C/C2=Cc3c(C(=O)O)ccnc3CC2)nc1. The standard InChI is InChI=1S/C18H16N2O2/c1-12-2-5-14(20-11-12)6-3-13-4-7-17-16(10-13)15(18(21)22)8-9-19-17/h2-3,5-6,8-11H,4,7H2,1H3,(H,21,22)/b6-3+. The Morgan fingerprint density at radius 1 is 1.18 bits per heavy atom. The van der Waals surface area contributed by atoms with E-state index in [1.807, 2.05) is 43.5 Å². The van der Waals surface area contributed by atoms with E-state index in [1.165, 1.54) is 0 Å². The van der Waals surface area contributed by atoms with Gasteiger partial charge in [-0.05, 0) is 55.2 Å². The quantitative estimate of drug-likeness (QED) is 0.940. The largest absolute Gasteiger partial charge is 0.478 e. The fraction of sp³-hybridized carbons (Fsp3) is 0.167. The Balaban J connectivity index is 1.90. The van der Waals surface area contributed by atoms with Crippen molar-refractivity contribution in [2.75, 3.05) is 0 Å². The van der Waals surface area contributed by atoms with Gasteiger partial charge in [-0.3, -0.25) is 9.97 Å². The van der Waals surface area contributed by atoms with Gasteiger partial charge in [-0.1, -0.05) is 12.1 Å². The van der Waals surface area contributed by atoms with Crippen molar-refractivity contribution in [3.63, 3.8) is 0 Å². The minimum Gasteiger partial charge on any atom is -0.478 e. The van der Waals surface area contributed by atoms with Crippen LogP contribution in [0.1, 0.15) is 39.3 Å². The number of aromatic nitrogens is 2. The number of hydrogen-bond donors (Lipinski definition) is 1. The maximum Gasteiger partial charge on any atom is 0.336 e. The number of fused-ring (bicyclic) bond motifs is 1. The van der Waals surface area contributed by atoms with Gasteiger partial charge in [-0.2, -0.15) is 0 Å². The summed E-state index contributed by atoms with van der Waals surface area (Å²) in [6.45, 7) is 2.00. The third-order valence-electron chi connectivity index (χ3n) is 3.69. The lowest BCUT2D eigenvalue weighted by Gasteiger charge is -2.15. The summed E-state index contributed by atoms with van der Waals surface area (Å²) in [4.78, 5) is 19.9. The van der Waals surface area contributed by atoms with Crippen LogP contribution in [0.2, 0.25) is 0 Å². The van der Waals surface area contributed by atoms with Crippen molar-refractivity contribution in [1.82, 2.24) is 9.97 Å². The van der Waals surface area contributed by atoms with Gasteiger partial charge in [0.1, 0.15) is 0 Å². The van der Waals surface area contributed by atoms with E-state index in [1.54, 1.807) is 12.3 Å². The molecule has 0 aromatic carbocycles. The van der Waals surface area contributed by atoms with Crippen LogP contribution in [0.15, 0.2) is 42.2 Å². The Hall–Kier alpha value is -2.75. The fourth-order valence-electron chi connectivity index (χ4n) is 2.49. The highest BCUT2D eigenvalue weighted by Gasteiger charge is 2.17. The number of rotatable bonds is 3. The zero-order valence-corrected chi connectivity index (χ0v) is 12.3. The molecular weight excluding hydrogens is 276 g/mol. The lowest BCUT2D eigenvalue weighted by atomic mass is 9.92. The van der Waals surface area contributed by atoms with E-state index in [9.17, 15) is 9.90 Å². The Labute approximate surface area is 128 Å². The maximum atomic E-state index is 11.3. The van der Waals surface area contributed by atoms with Gasteiger partial charge in [0, 0.05) is 23.7 Å². The van der Waals surface area contributed by atoms with E-state index < -0.39 is 5.97 Å². The van der Waals surface area contributed by atoms with Crippen LogP contribution < -0.4 is 0 Å². The number of aryl methyl sites for hydroxylation is 2. The number of pyridine rings is 2. The van der Waals surface area contributed by atoms with Gasteiger partial charge >= 0.3 is 5.97 Å². The van der Waals surface area contributed by atoms with Crippen LogP contribution in [0.5, 0.6) is 0 Å². The third kappa shape index (κ3) is 2.96. The third-order valence-corrected chi connectivity index (χ3v) is 3.69. The first-order valence-corrected chi connectivity index (χ1v) is 7.16. The van der Waals surface area contributed by atoms with Gasteiger partial charge in [0.2, 0.25) is 0 Å². The van der Waals surface area contributed by atoms with Gasteiger partial charge < -0.3 is 5.11 Å². The Morgan fingerprint density at radius 3 is 2.77 bits per heavy atom. The highest BCUT2D eigenvalue weighted by atomic mass is 16.4. The summed E-state index contributed by atoms with van der Waals surface area (Å²) in [5, 5.41) is 9.28. The molecule has 0 saturated carbocycles. The van der Waals surface area contributed by atoms with E-state index in [2.05, 4.69) is 9.97 Å². The first-order chi connectivity index (χ1) is 10.6. The predicted octanol–water partition coefficient (Wildman–Crippen LogP) is 3.53. The van der Waals surface area contributed by atoms with Crippen LogP contribution in [0.3, 0.4) is 0 Å². The average molecular weight is 292 g/mol. The summed E-state index contributed by atoms with van der Waals surface area (Å²) in [5.74, 6) is -0.916. The van der Waals surface area contributed by atoms with Crippen LogP contribution >= 0.6 is 0 Å². The molecule has 4 nitrogen and oxygen atoms in total. The Bertz CT molecular complexity index is 774. The van der Waals surface area contributed by atoms with Crippen molar-refractivity contribution in [3.05, 3.63) is 70.3 Å². The molecule has 0 amide bonds. The molecular formula is C18H16N2O2. The maximum absolute atomic E-state index is 11.3. The molecule has 0 atom stereocenters. The second-order valence-corrected chi connectivity index (χ2v) is 5.34. The Morgan fingerprint density at radius 2 is 2.05 bits per heavy atom. The monoisotopic (exact) mass is 292 g/mol. The lowest BCUT2D eigenvalue weighted by Crippen LogP contribution is -2.08. The molecule has 0 aliphatic heterocycles. The molecule has 22 heavy (non-hydrogen) atoms. The highest BCUT2D eigenvalue weighted by molar-refractivity contribution is 5.93. The normalized spacial score (nSPS) is 13.8. The van der Waals surface area contributed by atoms with Crippen molar-refractivity contribution >= 4 is 18.1 Å². The molecule has 0 fully saturated rings. The zero-order valence-electron chi connectivity index (χ0n) is 12.3. The van der Waals surface area contributed by atoms with Crippen LogP contribution in [0.25, 0.3) is 12.2 Å². The summed E-state index contributed by atoms with van der Waals surface area (Å²) in [6.07, 6.45) is 10.9. The van der Waals surface area contributed by atoms with Gasteiger partial charge in [-0.15, -0.1) is 0 Å². The molecule has 1 aliphatic carbocycles. The van der Waals surface area contributed by atoms with Gasteiger partial charge in [0.05, 0.1) is 11.3 Å². The van der Waals surface area contributed by atoms with Gasteiger partial charge in [0.15, 0.2) is 0 Å². The van der Waals surface area contributed by atoms with Crippen molar-refractivity contribution in [2.24, 2.45) is 0 Å². The molecule has 1 aliphatic rings. The van der Waals surface area contributed by atoms with E-state index in [0.29, 0.717) is 5.56 Å². The van der Waals surface area contributed by atoms with Crippen LogP contribution in [-0.2, 0) is 6.42 Å². The summed E-state index contributed by atoms with van der Waals surface area (Å²) in [7, 11) is 0. The smallest absolute Gasteiger partial charge is 0.336 e. The van der Waals surface area contributed by atoms with Crippen molar-refractivity contribution in [1.29, 1.82) is 0 Å². The molecule has 0 saturated heterocycles. The minimum atomic E-state index is -0.916. The van der Waals surface area contributed by atoms with Gasteiger partial charge in [-0.25, -0.2) is 4.79 Å². The van der Waals surface area contributed by atoms with Crippen molar-refractivity contribution in [3.8, 4) is 0 Å². The topological polar surface area (TPSA) is 63.1 Å². The second-order valence-electron chi connectivity index (χ2n) is 5.34. The number of aromatic carboxylic acids is 1. The van der Waals surface area contributed by atoms with E-state index in [-0.39, 0.29) is 0 Å². The molecule has 0 bridgehead atoms. The number of allylic oxidation sites excluding steroid dienone is 2. The molecule has 0 spiro atoms. The fourth-order valence-corrected chi connectivity index (χ4v) is 2.49. The molecule has 1 N–H and O–H groups in total. The van der Waals surface area contributed by atoms with Crippen molar-refractivity contribution < 1.29 is 9.90 Å². The number of carbonyl (C=O) groups is 1. The second kappa shape index (κ2) is 5.93. The van der Waals surface area contributed by atoms with Crippen LogP contribution in [0.4, 0.5) is 0 Å². The number of hydrogen-bond acceptors (Lipinski definition) is 3. The lowest BCUT2D eigenvalue weighted by molar-refractivity contribution is 0.0696. The first-order valence-electron chi connectivity index (χ1n) is 7.16.